The van der Waals surface area contributed by atoms with Crippen molar-refractivity contribution in [2.75, 3.05) is 0 Å². The SMILES string of the molecule is NC(=O)C12CC3CC(C4CCCCC4)(CC(C1)C3=CC1CC1)C2. The molecule has 1 amide bonds. The fourth-order valence-corrected chi connectivity index (χ4v) is 7.29. The van der Waals surface area contributed by atoms with Crippen LogP contribution < -0.4 is 5.73 Å². The molecule has 126 valence electrons. The first kappa shape index (κ1) is 14.5. The number of nitrogens with two attached hydrogens (primary N) is 1. The molecule has 6 aliphatic rings. The van der Waals surface area contributed by atoms with E-state index in [2.05, 4.69) is 6.08 Å². The Bertz CT molecular complexity index is 534. The molecular weight excluding hydrogens is 282 g/mol. The van der Waals surface area contributed by atoms with E-state index in [1.165, 1.54) is 57.8 Å². The zero-order chi connectivity index (χ0) is 15.7. The van der Waals surface area contributed by atoms with Crippen molar-refractivity contribution >= 4 is 5.91 Å². The molecule has 6 aliphatic carbocycles. The van der Waals surface area contributed by atoms with Crippen LogP contribution in [0.4, 0.5) is 0 Å². The summed E-state index contributed by atoms with van der Waals surface area (Å²) in [6.45, 7) is 0. The molecule has 2 N–H and O–H groups in total. The van der Waals surface area contributed by atoms with Crippen LogP contribution in [0.3, 0.4) is 0 Å². The summed E-state index contributed by atoms with van der Waals surface area (Å²) in [5.41, 5.74) is 8.05. The Morgan fingerprint density at radius 3 is 2.17 bits per heavy atom. The maximum absolute atomic E-state index is 12.4. The van der Waals surface area contributed by atoms with E-state index in [0.717, 1.165) is 31.1 Å². The third-order valence-corrected chi connectivity index (χ3v) is 8.26. The summed E-state index contributed by atoms with van der Waals surface area (Å²) in [5.74, 6) is 3.15. The molecule has 6 saturated carbocycles. The van der Waals surface area contributed by atoms with Gasteiger partial charge in [-0.2, -0.15) is 0 Å². The summed E-state index contributed by atoms with van der Waals surface area (Å²) in [5, 5.41) is 0. The van der Waals surface area contributed by atoms with E-state index in [9.17, 15) is 4.79 Å². The molecule has 2 nitrogen and oxygen atoms in total. The minimum Gasteiger partial charge on any atom is -0.369 e. The first-order chi connectivity index (χ1) is 11.1. The minimum atomic E-state index is -0.149. The molecule has 2 unspecified atom stereocenters. The third-order valence-electron chi connectivity index (χ3n) is 8.26. The Morgan fingerprint density at radius 1 is 0.957 bits per heavy atom. The van der Waals surface area contributed by atoms with Crippen molar-refractivity contribution in [3.05, 3.63) is 11.6 Å². The molecule has 0 aromatic rings. The maximum Gasteiger partial charge on any atom is 0.223 e. The molecule has 0 heterocycles. The van der Waals surface area contributed by atoms with E-state index in [1.807, 2.05) is 0 Å². The number of hydrogen-bond donors (Lipinski definition) is 1. The van der Waals surface area contributed by atoms with Crippen LogP contribution in [0, 0.1) is 34.5 Å². The van der Waals surface area contributed by atoms with Crippen molar-refractivity contribution in [3.63, 3.8) is 0 Å². The van der Waals surface area contributed by atoms with Crippen molar-refractivity contribution in [3.8, 4) is 0 Å². The fourth-order valence-electron chi connectivity index (χ4n) is 7.29. The van der Waals surface area contributed by atoms with Gasteiger partial charge in [0, 0.05) is 0 Å². The van der Waals surface area contributed by atoms with Gasteiger partial charge < -0.3 is 5.73 Å². The number of rotatable bonds is 3. The quantitative estimate of drug-likeness (QED) is 0.761. The smallest absolute Gasteiger partial charge is 0.223 e. The monoisotopic (exact) mass is 313 g/mol. The molecule has 0 aromatic carbocycles. The molecular formula is C21H31NO. The number of carbonyl (C=O) groups is 1. The lowest BCUT2D eigenvalue weighted by Gasteiger charge is -2.64. The minimum absolute atomic E-state index is 0.0255. The molecule has 2 heteroatoms. The summed E-state index contributed by atoms with van der Waals surface area (Å²) < 4.78 is 0. The summed E-state index contributed by atoms with van der Waals surface area (Å²) in [7, 11) is 0. The van der Waals surface area contributed by atoms with Crippen LogP contribution in [0.2, 0.25) is 0 Å². The molecule has 6 fully saturated rings. The molecule has 2 atom stereocenters. The molecule has 23 heavy (non-hydrogen) atoms. The van der Waals surface area contributed by atoms with Crippen LogP contribution in [-0.4, -0.2) is 5.91 Å². The van der Waals surface area contributed by atoms with E-state index in [0.29, 0.717) is 17.3 Å². The largest absolute Gasteiger partial charge is 0.369 e. The van der Waals surface area contributed by atoms with Gasteiger partial charge in [0.25, 0.3) is 0 Å². The van der Waals surface area contributed by atoms with E-state index in [4.69, 9.17) is 5.73 Å². The summed E-state index contributed by atoms with van der Waals surface area (Å²) in [6, 6.07) is 0. The van der Waals surface area contributed by atoms with Crippen molar-refractivity contribution in [2.45, 2.75) is 77.0 Å². The number of primary amides is 1. The predicted molar refractivity (Wildman–Crippen MR) is 91.5 cm³/mol. The molecule has 4 bridgehead atoms. The zero-order valence-electron chi connectivity index (χ0n) is 14.4. The van der Waals surface area contributed by atoms with Gasteiger partial charge in [0.1, 0.15) is 0 Å². The van der Waals surface area contributed by atoms with E-state index in [1.54, 1.807) is 5.57 Å². The van der Waals surface area contributed by atoms with Crippen LogP contribution in [0.25, 0.3) is 0 Å². The van der Waals surface area contributed by atoms with Crippen molar-refractivity contribution in [1.82, 2.24) is 0 Å². The van der Waals surface area contributed by atoms with Gasteiger partial charge in [-0.1, -0.05) is 30.9 Å². The van der Waals surface area contributed by atoms with Crippen LogP contribution in [0.5, 0.6) is 0 Å². The number of carbonyl (C=O) groups excluding carboxylic acids is 1. The van der Waals surface area contributed by atoms with E-state index < -0.39 is 0 Å². The lowest BCUT2D eigenvalue weighted by molar-refractivity contribution is -0.154. The Balaban J connectivity index is 1.51. The maximum atomic E-state index is 12.4. The second-order valence-corrected chi connectivity index (χ2v) is 9.73. The van der Waals surface area contributed by atoms with Gasteiger partial charge in [-0.05, 0) is 86.9 Å². The highest BCUT2D eigenvalue weighted by molar-refractivity contribution is 5.82. The predicted octanol–water partition coefficient (Wildman–Crippen LogP) is 4.58. The lowest BCUT2D eigenvalue weighted by atomic mass is 9.39. The van der Waals surface area contributed by atoms with Gasteiger partial charge in [-0.3, -0.25) is 4.79 Å². The van der Waals surface area contributed by atoms with Gasteiger partial charge in [-0.15, -0.1) is 0 Å². The number of hydrogen-bond acceptors (Lipinski definition) is 1. The van der Waals surface area contributed by atoms with E-state index >= 15 is 0 Å². The zero-order valence-corrected chi connectivity index (χ0v) is 14.4. The molecule has 0 aliphatic heterocycles. The lowest BCUT2D eigenvalue weighted by Crippen LogP contribution is -2.59. The van der Waals surface area contributed by atoms with Crippen molar-refractivity contribution in [1.29, 1.82) is 0 Å². The topological polar surface area (TPSA) is 43.1 Å². The summed E-state index contributed by atoms with van der Waals surface area (Å²) in [6.07, 6.45) is 18.5. The number of amides is 1. The van der Waals surface area contributed by atoms with Gasteiger partial charge in [-0.25, -0.2) is 0 Å². The van der Waals surface area contributed by atoms with Gasteiger partial charge in [0.2, 0.25) is 5.91 Å². The third kappa shape index (κ3) is 2.16. The Labute approximate surface area is 140 Å². The first-order valence-corrected chi connectivity index (χ1v) is 10.1. The fraction of sp³-hybridized carbons (Fsp3) is 0.857. The second kappa shape index (κ2) is 4.86. The Kier molecular flexibility index (Phi) is 3.07. The van der Waals surface area contributed by atoms with Crippen LogP contribution in [-0.2, 0) is 4.79 Å². The van der Waals surface area contributed by atoms with Gasteiger partial charge in [0.05, 0.1) is 5.41 Å². The summed E-state index contributed by atoms with van der Waals surface area (Å²) >= 11 is 0. The van der Waals surface area contributed by atoms with E-state index in [-0.39, 0.29) is 11.3 Å². The average molecular weight is 313 g/mol. The average Bonchev–Trinajstić information content (AvgIpc) is 3.35. The standard InChI is InChI=1S/C21H31NO/c22-19(23)21-11-15-9-20(13-21,17-4-2-1-3-5-17)10-16(12-21)18(15)8-14-6-7-14/h8,14-17H,1-7,9-13H2,(H2,22,23). The highest BCUT2D eigenvalue weighted by atomic mass is 16.1. The molecule has 0 radical (unpaired) electrons. The molecule has 0 saturated heterocycles. The summed E-state index contributed by atoms with van der Waals surface area (Å²) in [4.78, 5) is 12.4. The molecule has 6 rings (SSSR count). The Hall–Kier alpha value is -0.790. The molecule has 0 spiro atoms. The van der Waals surface area contributed by atoms with Crippen molar-refractivity contribution in [2.24, 2.45) is 40.2 Å². The highest BCUT2D eigenvalue weighted by Gasteiger charge is 2.63. The second-order valence-electron chi connectivity index (χ2n) is 9.73. The van der Waals surface area contributed by atoms with Gasteiger partial charge >= 0.3 is 0 Å². The first-order valence-electron chi connectivity index (χ1n) is 10.1. The van der Waals surface area contributed by atoms with Gasteiger partial charge in [0.15, 0.2) is 0 Å². The van der Waals surface area contributed by atoms with Crippen LogP contribution in [0.1, 0.15) is 77.0 Å². The van der Waals surface area contributed by atoms with Crippen LogP contribution >= 0.6 is 0 Å². The van der Waals surface area contributed by atoms with Crippen LogP contribution in [0.15, 0.2) is 11.6 Å². The molecule has 0 aromatic heterocycles. The highest BCUT2D eigenvalue weighted by Crippen LogP contribution is 2.70. The van der Waals surface area contributed by atoms with Crippen molar-refractivity contribution < 1.29 is 4.79 Å². The Morgan fingerprint density at radius 2 is 1.61 bits per heavy atom. The normalized spacial score (nSPS) is 46.2. The number of allylic oxidation sites excluding steroid dienone is 2.